The minimum Gasteiger partial charge on any atom is -0.361 e. The molecule has 37 heavy (non-hydrogen) atoms. The number of rotatable bonds is 4. The molecule has 0 aliphatic heterocycles. The number of benzene rings is 4. The third kappa shape index (κ3) is 4.14. The molecular formula is C35H39NS. The van der Waals surface area contributed by atoms with Gasteiger partial charge in [-0.3, -0.25) is 0 Å². The van der Waals surface area contributed by atoms with Crippen molar-refractivity contribution in [3.63, 3.8) is 0 Å². The Labute approximate surface area is 223 Å². The molecule has 1 nitrogen and oxygen atoms in total. The fourth-order valence-electron chi connectivity index (χ4n) is 6.31. The molecule has 1 N–H and O–H groups in total. The maximum atomic E-state index is 3.84. The lowest BCUT2D eigenvalue weighted by molar-refractivity contribution is 0.959. The third-order valence-electron chi connectivity index (χ3n) is 8.11. The highest BCUT2D eigenvalue weighted by atomic mass is 32.3. The molecule has 0 saturated heterocycles. The summed E-state index contributed by atoms with van der Waals surface area (Å²) in [5, 5.41) is 14.7. The number of hydrogen-bond acceptors (Lipinski definition) is 0. The van der Waals surface area contributed by atoms with Crippen LogP contribution in [-0.4, -0.2) is 20.7 Å². The largest absolute Gasteiger partial charge is 0.361 e. The van der Waals surface area contributed by atoms with Crippen LogP contribution in [0.2, 0.25) is 0 Å². The average Bonchev–Trinajstić information content (AvgIpc) is 3.34. The molecule has 0 spiro atoms. The van der Waals surface area contributed by atoms with Gasteiger partial charge in [0, 0.05) is 22.7 Å². The second-order valence-electron chi connectivity index (χ2n) is 11.2. The Balaban J connectivity index is 1.67. The van der Waals surface area contributed by atoms with Crippen LogP contribution in [0.25, 0.3) is 49.3 Å². The molecule has 0 aliphatic rings. The van der Waals surface area contributed by atoms with E-state index >= 15 is 0 Å². The zero-order chi connectivity index (χ0) is 26.5. The van der Waals surface area contributed by atoms with E-state index in [1.807, 2.05) is 6.20 Å². The number of fused-ring (bicyclic) bond motifs is 7. The average molecular weight is 506 g/mol. The van der Waals surface area contributed by atoms with Crippen molar-refractivity contribution < 1.29 is 0 Å². The fraction of sp³-hybridized carbons (Fsp3) is 0.314. The van der Waals surface area contributed by atoms with Gasteiger partial charge in [0.2, 0.25) is 0 Å². The highest BCUT2D eigenvalue weighted by Crippen LogP contribution is 2.59. The lowest BCUT2D eigenvalue weighted by atomic mass is 9.92. The van der Waals surface area contributed by atoms with E-state index in [-0.39, 0.29) is 0 Å². The highest BCUT2D eigenvalue weighted by Gasteiger charge is 2.32. The molecule has 0 atom stereocenters. The van der Waals surface area contributed by atoms with E-state index in [0.717, 1.165) is 5.57 Å². The maximum absolute atomic E-state index is 3.84. The van der Waals surface area contributed by atoms with Gasteiger partial charge in [0.05, 0.1) is 0 Å². The summed E-state index contributed by atoms with van der Waals surface area (Å²) in [7, 11) is -1.05. The molecular weight excluding hydrogens is 466 g/mol. The first-order valence-electron chi connectivity index (χ1n) is 13.5. The molecule has 2 heteroatoms. The molecule has 5 rings (SSSR count). The second-order valence-corrected chi connectivity index (χ2v) is 15.7. The van der Waals surface area contributed by atoms with E-state index in [1.54, 1.807) is 0 Å². The van der Waals surface area contributed by atoms with Gasteiger partial charge in [0.15, 0.2) is 0 Å². The van der Waals surface area contributed by atoms with Crippen LogP contribution in [0.3, 0.4) is 0 Å². The predicted octanol–water partition coefficient (Wildman–Crippen LogP) is 10.3. The van der Waals surface area contributed by atoms with E-state index < -0.39 is 10.0 Å². The summed E-state index contributed by atoms with van der Waals surface area (Å²) >= 11 is 0. The van der Waals surface area contributed by atoms with Crippen molar-refractivity contribution in [3.8, 4) is 11.2 Å². The van der Waals surface area contributed by atoms with Crippen LogP contribution in [0.15, 0.2) is 66.4 Å². The van der Waals surface area contributed by atoms with Gasteiger partial charge in [-0.05, 0) is 96.5 Å². The lowest BCUT2D eigenvalue weighted by Gasteiger charge is -2.46. The Hall–Kier alpha value is -3.15. The summed E-state index contributed by atoms with van der Waals surface area (Å²) in [6.45, 7) is 18.5. The fourth-order valence-corrected chi connectivity index (χ4v) is 10.6. The molecule has 0 aliphatic carbocycles. The van der Waals surface area contributed by atoms with Gasteiger partial charge >= 0.3 is 0 Å². The van der Waals surface area contributed by atoms with Crippen molar-refractivity contribution in [3.05, 3.63) is 77.5 Å². The maximum Gasteiger partial charge on any atom is 0.0460 e. The lowest BCUT2D eigenvalue weighted by Crippen LogP contribution is -2.27. The molecule has 190 valence electrons. The first-order chi connectivity index (χ1) is 17.6. The predicted molar refractivity (Wildman–Crippen MR) is 170 cm³/mol. The van der Waals surface area contributed by atoms with Crippen molar-refractivity contribution in [2.75, 3.05) is 0 Å². The van der Waals surface area contributed by atoms with E-state index in [9.17, 15) is 0 Å². The van der Waals surface area contributed by atoms with Crippen molar-refractivity contribution in [1.82, 2.24) is 4.98 Å². The molecule has 0 bridgehead atoms. The molecule has 5 aromatic rings. The van der Waals surface area contributed by atoms with Crippen molar-refractivity contribution in [2.45, 2.75) is 71.1 Å². The van der Waals surface area contributed by atoms with Crippen LogP contribution in [-0.2, 0) is 0 Å². The quantitative estimate of drug-likeness (QED) is 0.185. The Kier molecular flexibility index (Phi) is 6.63. The van der Waals surface area contributed by atoms with E-state index in [1.165, 1.54) is 54.3 Å². The van der Waals surface area contributed by atoms with Crippen molar-refractivity contribution in [1.29, 1.82) is 0 Å². The molecule has 0 saturated carbocycles. The van der Waals surface area contributed by atoms with Gasteiger partial charge in [-0.15, -0.1) is 0 Å². The number of H-pyrrole nitrogens is 1. The van der Waals surface area contributed by atoms with E-state index in [4.69, 9.17) is 0 Å². The summed E-state index contributed by atoms with van der Waals surface area (Å²) in [4.78, 5) is 3.34. The summed E-state index contributed by atoms with van der Waals surface area (Å²) in [5.41, 5.74) is 4.90. The highest BCUT2D eigenvalue weighted by molar-refractivity contribution is 8.38. The van der Waals surface area contributed by atoms with Crippen LogP contribution in [0.1, 0.15) is 59.6 Å². The molecule has 0 amide bonds. The van der Waals surface area contributed by atoms with Crippen molar-refractivity contribution >= 4 is 59.3 Å². The molecule has 1 aromatic heterocycles. The minimum absolute atomic E-state index is 0.584. The number of aromatic nitrogens is 1. The second kappa shape index (κ2) is 9.62. The van der Waals surface area contributed by atoms with Gasteiger partial charge in [0.1, 0.15) is 0 Å². The topological polar surface area (TPSA) is 15.8 Å². The van der Waals surface area contributed by atoms with Gasteiger partial charge < -0.3 is 4.98 Å². The van der Waals surface area contributed by atoms with E-state index in [2.05, 4.69) is 132 Å². The normalized spacial score (nSPS) is 13.4. The molecule has 0 fully saturated rings. The molecule has 0 unspecified atom stereocenters. The Bertz CT molecular complexity index is 1710. The number of nitrogens with one attached hydrogen (secondary N) is 1. The SMILES string of the molecule is C/C(C#CS(C(C)C)(C(C)C)C(C)C)=C\c1c(C)ccc2c1ccc1c2ccc2c3cc[nH]c3ccc21. The standard InChI is InChI=1S/C35H39NS/c1-22(2)37(23(3)4,24(5)6)20-18-25(7)21-34-26(8)9-10-27-28-11-13-31-30(29(28)12-14-32(27)34)15-16-35-33(31)17-19-36-35/h9-17,19,21-24,36H,1-8H3/b25-21+. The first kappa shape index (κ1) is 25.5. The number of allylic oxidation sites excluding steroid dienone is 1. The van der Waals surface area contributed by atoms with Crippen LogP contribution in [0, 0.1) is 18.1 Å². The molecule has 1 heterocycles. The van der Waals surface area contributed by atoms with E-state index in [0.29, 0.717) is 15.7 Å². The zero-order valence-electron chi connectivity index (χ0n) is 23.5. The molecule has 0 radical (unpaired) electrons. The van der Waals surface area contributed by atoms with Gasteiger partial charge in [-0.25, -0.2) is 0 Å². The van der Waals surface area contributed by atoms with Gasteiger partial charge in [-0.1, -0.05) is 89.9 Å². The van der Waals surface area contributed by atoms with Crippen LogP contribution in [0.4, 0.5) is 0 Å². The van der Waals surface area contributed by atoms with Crippen molar-refractivity contribution in [2.24, 2.45) is 0 Å². The van der Waals surface area contributed by atoms with Gasteiger partial charge in [-0.2, -0.15) is 10.0 Å². The number of aromatic amines is 1. The van der Waals surface area contributed by atoms with Crippen LogP contribution < -0.4 is 0 Å². The van der Waals surface area contributed by atoms with Gasteiger partial charge in [0.25, 0.3) is 0 Å². The number of aryl methyl sites for hydroxylation is 1. The summed E-state index contributed by atoms with van der Waals surface area (Å²) in [6, 6.07) is 20.4. The Morgan fingerprint density at radius 1 is 0.676 bits per heavy atom. The first-order valence-corrected chi connectivity index (χ1v) is 15.3. The number of hydrogen-bond donors (Lipinski definition) is 1. The smallest absolute Gasteiger partial charge is 0.0460 e. The Morgan fingerprint density at radius 3 is 1.76 bits per heavy atom. The minimum atomic E-state index is -1.05. The van der Waals surface area contributed by atoms with Crippen LogP contribution >= 0.6 is 10.0 Å². The third-order valence-corrected chi connectivity index (χ3v) is 13.2. The summed E-state index contributed by atoms with van der Waals surface area (Å²) in [6.07, 6.45) is 4.34. The summed E-state index contributed by atoms with van der Waals surface area (Å²) in [5.74, 6) is 3.63. The zero-order valence-corrected chi connectivity index (χ0v) is 24.3. The Morgan fingerprint density at radius 2 is 1.16 bits per heavy atom. The monoisotopic (exact) mass is 505 g/mol. The van der Waals surface area contributed by atoms with Crippen LogP contribution in [0.5, 0.6) is 0 Å². The molecule has 4 aromatic carbocycles. The summed E-state index contributed by atoms with van der Waals surface area (Å²) < 4.78 is 0.